The minimum Gasteiger partial charge on any atom is -0.481 e. The van der Waals surface area contributed by atoms with Crippen molar-refractivity contribution < 1.29 is 14.7 Å². The number of carboxylic acid groups (broad SMARTS) is 1. The molecule has 0 aromatic heterocycles. The number of aliphatic carboxylic acids is 1. The number of nitrogens with zero attached hydrogens (tertiary/aromatic N) is 1. The van der Waals surface area contributed by atoms with Gasteiger partial charge in [-0.2, -0.15) is 0 Å². The Morgan fingerprint density at radius 2 is 1.80 bits per heavy atom. The maximum atomic E-state index is 12.4. The van der Waals surface area contributed by atoms with Crippen LogP contribution in [0.25, 0.3) is 0 Å². The molecule has 0 bridgehead atoms. The standard InChI is InChI=1S/C16H29NO3/c1-6-15(4)7-9-17(10-8-15)13(18)11-16(5,12(2)3)14(19)20/h12H,6-11H2,1-5H3,(H,19,20). The highest BCUT2D eigenvalue weighted by atomic mass is 16.4. The predicted octanol–water partition coefficient (Wildman–Crippen LogP) is 3.16. The predicted molar refractivity (Wildman–Crippen MR) is 79.4 cm³/mol. The van der Waals surface area contributed by atoms with Crippen molar-refractivity contribution in [1.29, 1.82) is 0 Å². The van der Waals surface area contributed by atoms with Crippen LogP contribution >= 0.6 is 0 Å². The number of carbonyl (C=O) groups excluding carboxylic acids is 1. The molecule has 4 heteroatoms. The second-order valence-corrected chi connectivity index (χ2v) is 7.10. The summed E-state index contributed by atoms with van der Waals surface area (Å²) in [5.74, 6) is -0.951. The lowest BCUT2D eigenvalue weighted by atomic mass is 9.75. The Labute approximate surface area is 122 Å². The number of carboxylic acids is 1. The van der Waals surface area contributed by atoms with Crippen molar-refractivity contribution in [3.05, 3.63) is 0 Å². The zero-order valence-corrected chi connectivity index (χ0v) is 13.5. The topological polar surface area (TPSA) is 57.6 Å². The Morgan fingerprint density at radius 1 is 1.30 bits per heavy atom. The third kappa shape index (κ3) is 3.53. The fraction of sp³-hybridized carbons (Fsp3) is 0.875. The van der Waals surface area contributed by atoms with E-state index in [2.05, 4.69) is 13.8 Å². The largest absolute Gasteiger partial charge is 0.481 e. The molecule has 0 saturated carbocycles. The van der Waals surface area contributed by atoms with Crippen LogP contribution in [0.1, 0.15) is 60.3 Å². The van der Waals surface area contributed by atoms with E-state index in [9.17, 15) is 14.7 Å². The van der Waals surface area contributed by atoms with Crippen LogP contribution < -0.4 is 0 Å². The molecule has 1 atom stereocenters. The normalized spacial score (nSPS) is 21.6. The van der Waals surface area contributed by atoms with Gasteiger partial charge in [0.15, 0.2) is 0 Å². The molecule has 1 saturated heterocycles. The van der Waals surface area contributed by atoms with Crippen molar-refractivity contribution in [2.24, 2.45) is 16.7 Å². The van der Waals surface area contributed by atoms with Crippen molar-refractivity contribution in [1.82, 2.24) is 4.90 Å². The van der Waals surface area contributed by atoms with Crippen LogP contribution in [0, 0.1) is 16.7 Å². The van der Waals surface area contributed by atoms with Crippen molar-refractivity contribution in [2.45, 2.75) is 60.3 Å². The molecular weight excluding hydrogens is 254 g/mol. The average molecular weight is 283 g/mol. The monoisotopic (exact) mass is 283 g/mol. The lowest BCUT2D eigenvalue weighted by Crippen LogP contribution is -2.45. The van der Waals surface area contributed by atoms with Gasteiger partial charge >= 0.3 is 5.97 Å². The van der Waals surface area contributed by atoms with E-state index in [1.807, 2.05) is 18.7 Å². The van der Waals surface area contributed by atoms with Gasteiger partial charge in [-0.1, -0.05) is 34.1 Å². The van der Waals surface area contributed by atoms with Gasteiger partial charge in [-0.25, -0.2) is 0 Å². The van der Waals surface area contributed by atoms with E-state index in [0.717, 1.165) is 32.4 Å². The van der Waals surface area contributed by atoms with Crippen LogP contribution in [0.5, 0.6) is 0 Å². The molecule has 0 aliphatic carbocycles. The molecule has 4 nitrogen and oxygen atoms in total. The van der Waals surface area contributed by atoms with Crippen molar-refractivity contribution in [3.8, 4) is 0 Å². The number of piperidine rings is 1. The summed E-state index contributed by atoms with van der Waals surface area (Å²) in [4.78, 5) is 25.7. The Bertz CT molecular complexity index is 370. The third-order valence-electron chi connectivity index (χ3n) is 5.46. The summed E-state index contributed by atoms with van der Waals surface area (Å²) in [6.45, 7) is 11.4. The molecule has 1 amide bonds. The Hall–Kier alpha value is -1.06. The summed E-state index contributed by atoms with van der Waals surface area (Å²) in [5.41, 5.74) is -0.631. The first-order valence-corrected chi connectivity index (χ1v) is 7.66. The molecule has 1 heterocycles. The highest BCUT2D eigenvalue weighted by Gasteiger charge is 2.40. The van der Waals surface area contributed by atoms with E-state index in [1.165, 1.54) is 0 Å². The molecular formula is C16H29NO3. The minimum atomic E-state index is -0.970. The molecule has 1 N–H and O–H groups in total. The molecule has 116 valence electrons. The first-order valence-electron chi connectivity index (χ1n) is 7.66. The van der Waals surface area contributed by atoms with Crippen molar-refractivity contribution in [2.75, 3.05) is 13.1 Å². The van der Waals surface area contributed by atoms with Crippen LogP contribution in [0.2, 0.25) is 0 Å². The maximum absolute atomic E-state index is 12.4. The smallest absolute Gasteiger partial charge is 0.310 e. The van der Waals surface area contributed by atoms with Gasteiger partial charge < -0.3 is 10.0 Å². The summed E-state index contributed by atoms with van der Waals surface area (Å²) in [6, 6.07) is 0. The number of hydrogen-bond donors (Lipinski definition) is 1. The average Bonchev–Trinajstić information content (AvgIpc) is 2.38. The molecule has 0 spiro atoms. The fourth-order valence-corrected chi connectivity index (χ4v) is 2.60. The molecule has 1 rings (SSSR count). The molecule has 20 heavy (non-hydrogen) atoms. The summed E-state index contributed by atoms with van der Waals surface area (Å²) in [5, 5.41) is 9.40. The van der Waals surface area contributed by atoms with Gasteiger partial charge in [0.2, 0.25) is 5.91 Å². The summed E-state index contributed by atoms with van der Waals surface area (Å²) in [7, 11) is 0. The zero-order valence-electron chi connectivity index (χ0n) is 13.5. The zero-order chi connectivity index (χ0) is 15.6. The summed E-state index contributed by atoms with van der Waals surface area (Å²) in [6.07, 6.45) is 3.26. The van der Waals surface area contributed by atoms with E-state index in [-0.39, 0.29) is 18.2 Å². The van der Waals surface area contributed by atoms with Gasteiger partial charge in [-0.3, -0.25) is 9.59 Å². The molecule has 0 aromatic rings. The lowest BCUT2D eigenvalue weighted by molar-refractivity contribution is -0.156. The van der Waals surface area contributed by atoms with Gasteiger partial charge in [0.25, 0.3) is 0 Å². The summed E-state index contributed by atoms with van der Waals surface area (Å²) < 4.78 is 0. The maximum Gasteiger partial charge on any atom is 0.310 e. The van der Waals surface area contributed by atoms with E-state index < -0.39 is 11.4 Å². The van der Waals surface area contributed by atoms with Crippen LogP contribution in [-0.4, -0.2) is 35.0 Å². The SMILES string of the molecule is CCC1(C)CCN(C(=O)CC(C)(C(=O)O)C(C)C)CC1. The van der Waals surface area contributed by atoms with Crippen LogP contribution in [0.4, 0.5) is 0 Å². The van der Waals surface area contributed by atoms with E-state index >= 15 is 0 Å². The lowest BCUT2D eigenvalue weighted by Gasteiger charge is -2.40. The third-order valence-corrected chi connectivity index (χ3v) is 5.46. The number of amides is 1. The Morgan fingerprint density at radius 3 is 2.15 bits per heavy atom. The highest BCUT2D eigenvalue weighted by molar-refractivity contribution is 5.85. The first kappa shape index (κ1) is 17.0. The fourth-order valence-electron chi connectivity index (χ4n) is 2.60. The van der Waals surface area contributed by atoms with Crippen molar-refractivity contribution >= 4 is 11.9 Å². The molecule has 1 fully saturated rings. The van der Waals surface area contributed by atoms with E-state index in [1.54, 1.807) is 6.92 Å². The van der Waals surface area contributed by atoms with Crippen LogP contribution in [0.15, 0.2) is 0 Å². The second-order valence-electron chi connectivity index (χ2n) is 7.10. The van der Waals surface area contributed by atoms with Crippen molar-refractivity contribution in [3.63, 3.8) is 0 Å². The second kappa shape index (κ2) is 6.15. The molecule has 1 aliphatic heterocycles. The molecule has 1 unspecified atom stereocenters. The highest BCUT2D eigenvalue weighted by Crippen LogP contribution is 2.36. The Balaban J connectivity index is 2.66. The quantitative estimate of drug-likeness (QED) is 0.843. The van der Waals surface area contributed by atoms with Crippen LogP contribution in [-0.2, 0) is 9.59 Å². The number of hydrogen-bond acceptors (Lipinski definition) is 2. The minimum absolute atomic E-state index is 0.0123. The van der Waals surface area contributed by atoms with Gasteiger partial charge in [-0.05, 0) is 31.1 Å². The van der Waals surface area contributed by atoms with Gasteiger partial charge in [-0.15, -0.1) is 0 Å². The van der Waals surface area contributed by atoms with Gasteiger partial charge in [0.1, 0.15) is 0 Å². The number of rotatable bonds is 5. The van der Waals surface area contributed by atoms with E-state index in [4.69, 9.17) is 0 Å². The molecule has 0 aromatic carbocycles. The number of likely N-dealkylation sites (tertiary alicyclic amines) is 1. The molecule has 1 aliphatic rings. The van der Waals surface area contributed by atoms with Gasteiger partial charge in [0.05, 0.1) is 5.41 Å². The van der Waals surface area contributed by atoms with Crippen LogP contribution in [0.3, 0.4) is 0 Å². The number of carbonyl (C=O) groups is 2. The summed E-state index contributed by atoms with van der Waals surface area (Å²) >= 11 is 0. The van der Waals surface area contributed by atoms with Gasteiger partial charge in [0, 0.05) is 19.5 Å². The molecule has 0 radical (unpaired) electrons. The Kier molecular flexibility index (Phi) is 5.22. The van der Waals surface area contributed by atoms with E-state index in [0.29, 0.717) is 5.41 Å². The first-order chi connectivity index (χ1) is 9.14.